The van der Waals surface area contributed by atoms with Gasteiger partial charge in [-0.3, -0.25) is 4.79 Å². The fourth-order valence-corrected chi connectivity index (χ4v) is 4.49. The molecule has 0 saturated heterocycles. The summed E-state index contributed by atoms with van der Waals surface area (Å²) in [6, 6.07) is 8.14. The second-order valence-electron chi connectivity index (χ2n) is 5.19. The number of nitrogens with zero attached hydrogens (tertiary/aromatic N) is 2. The van der Waals surface area contributed by atoms with Crippen LogP contribution in [0.1, 0.15) is 31.2 Å². The minimum atomic E-state index is 0.0681. The average Bonchev–Trinajstić information content (AvgIpc) is 2.89. The summed E-state index contributed by atoms with van der Waals surface area (Å²) in [6.45, 7) is 2.06. The van der Waals surface area contributed by atoms with Crippen LogP contribution in [0.5, 0.6) is 0 Å². The molecule has 6 heteroatoms. The molecular weight excluding hydrogens is 302 g/mol. The quantitative estimate of drug-likeness (QED) is 0.915. The predicted molar refractivity (Wildman–Crippen MR) is 87.5 cm³/mol. The Bertz CT molecular complexity index is 641. The maximum Gasteiger partial charge on any atom is 0.210 e. The Kier molecular flexibility index (Phi) is 4.55. The molecule has 1 aromatic heterocycles. The Morgan fingerprint density at radius 2 is 2.24 bits per heavy atom. The highest BCUT2D eigenvalue weighted by Crippen LogP contribution is 2.35. The smallest absolute Gasteiger partial charge is 0.210 e. The molecule has 1 aliphatic carbocycles. The van der Waals surface area contributed by atoms with Crippen LogP contribution in [0, 0.1) is 6.92 Å². The molecule has 0 unspecified atom stereocenters. The minimum absolute atomic E-state index is 0.0681. The van der Waals surface area contributed by atoms with Crippen LogP contribution in [0.2, 0.25) is 0 Å². The lowest BCUT2D eigenvalue weighted by molar-refractivity contribution is -0.119. The van der Waals surface area contributed by atoms with E-state index < -0.39 is 0 Å². The number of ketones is 1. The standard InChI is InChI=1S/C15H17N3OS2/c1-10-5-4-6-11(9-10)16-14-17-18-15(21-14)20-13-8-3-2-7-12(13)19/h4-6,9,13H,2-3,7-8H2,1H3,(H,16,17)/t13-/m0/s1. The third kappa shape index (κ3) is 3.83. The Morgan fingerprint density at radius 3 is 3.05 bits per heavy atom. The van der Waals surface area contributed by atoms with E-state index in [-0.39, 0.29) is 5.25 Å². The fraction of sp³-hybridized carbons (Fsp3) is 0.400. The van der Waals surface area contributed by atoms with Crippen molar-refractivity contribution >= 4 is 39.7 Å². The summed E-state index contributed by atoms with van der Waals surface area (Å²) < 4.78 is 0.866. The van der Waals surface area contributed by atoms with Gasteiger partial charge in [-0.25, -0.2) is 0 Å². The molecule has 110 valence electrons. The van der Waals surface area contributed by atoms with Crippen molar-refractivity contribution in [1.82, 2.24) is 10.2 Å². The first-order chi connectivity index (χ1) is 10.2. The Labute approximate surface area is 132 Å². The van der Waals surface area contributed by atoms with Crippen LogP contribution in [-0.4, -0.2) is 21.2 Å². The maximum atomic E-state index is 11.9. The van der Waals surface area contributed by atoms with Gasteiger partial charge in [0.15, 0.2) is 4.34 Å². The van der Waals surface area contributed by atoms with E-state index >= 15 is 0 Å². The van der Waals surface area contributed by atoms with Gasteiger partial charge in [0.25, 0.3) is 0 Å². The molecule has 1 aromatic carbocycles. The second kappa shape index (κ2) is 6.58. The van der Waals surface area contributed by atoms with Crippen LogP contribution in [0.25, 0.3) is 0 Å². The number of rotatable bonds is 4. The molecule has 1 saturated carbocycles. The normalized spacial score (nSPS) is 18.7. The maximum absolute atomic E-state index is 11.9. The lowest BCUT2D eigenvalue weighted by atomic mass is 9.99. The van der Waals surface area contributed by atoms with Gasteiger partial charge >= 0.3 is 0 Å². The van der Waals surface area contributed by atoms with Crippen LogP contribution < -0.4 is 5.32 Å². The number of Topliss-reactive ketones (excluding diaryl/α,β-unsaturated/α-hetero) is 1. The first kappa shape index (κ1) is 14.5. The molecule has 0 radical (unpaired) electrons. The average molecular weight is 319 g/mol. The number of carbonyl (C=O) groups is 1. The van der Waals surface area contributed by atoms with Gasteiger partial charge in [0.2, 0.25) is 5.13 Å². The van der Waals surface area contributed by atoms with Gasteiger partial charge in [0.1, 0.15) is 5.78 Å². The van der Waals surface area contributed by atoms with Crippen molar-refractivity contribution in [2.75, 3.05) is 5.32 Å². The van der Waals surface area contributed by atoms with Crippen LogP contribution in [-0.2, 0) is 4.79 Å². The van der Waals surface area contributed by atoms with E-state index in [1.807, 2.05) is 12.1 Å². The third-order valence-corrected chi connectivity index (χ3v) is 5.66. The Balaban J connectivity index is 1.64. The van der Waals surface area contributed by atoms with Gasteiger partial charge in [-0.15, -0.1) is 10.2 Å². The molecule has 0 bridgehead atoms. The SMILES string of the molecule is Cc1cccc(Nc2nnc(S[C@H]3CCCCC3=O)s2)c1. The third-order valence-electron chi connectivity index (χ3n) is 3.42. The van der Waals surface area contributed by atoms with Gasteiger partial charge in [-0.2, -0.15) is 0 Å². The van der Waals surface area contributed by atoms with Crippen molar-refractivity contribution in [2.24, 2.45) is 0 Å². The zero-order valence-corrected chi connectivity index (χ0v) is 13.5. The van der Waals surface area contributed by atoms with Gasteiger partial charge in [-0.1, -0.05) is 41.7 Å². The summed E-state index contributed by atoms with van der Waals surface area (Å²) in [5.41, 5.74) is 2.21. The molecule has 4 nitrogen and oxygen atoms in total. The van der Waals surface area contributed by atoms with Gasteiger partial charge in [0, 0.05) is 12.1 Å². The number of aryl methyl sites for hydroxylation is 1. The summed E-state index contributed by atoms with van der Waals surface area (Å²) >= 11 is 3.07. The second-order valence-corrected chi connectivity index (χ2v) is 7.61. The molecule has 21 heavy (non-hydrogen) atoms. The van der Waals surface area contributed by atoms with Crippen molar-refractivity contribution in [1.29, 1.82) is 0 Å². The van der Waals surface area contributed by atoms with E-state index in [9.17, 15) is 4.79 Å². The van der Waals surface area contributed by atoms with E-state index in [1.165, 1.54) is 16.9 Å². The van der Waals surface area contributed by atoms with E-state index in [1.54, 1.807) is 11.8 Å². The van der Waals surface area contributed by atoms with Crippen molar-refractivity contribution in [3.05, 3.63) is 29.8 Å². The van der Waals surface area contributed by atoms with Gasteiger partial charge < -0.3 is 5.32 Å². The molecule has 1 N–H and O–H groups in total. The summed E-state index contributed by atoms with van der Waals surface area (Å²) in [5, 5.41) is 12.4. The minimum Gasteiger partial charge on any atom is -0.330 e. The van der Waals surface area contributed by atoms with E-state index in [0.29, 0.717) is 12.2 Å². The first-order valence-corrected chi connectivity index (χ1v) is 8.77. The summed E-state index contributed by atoms with van der Waals surface area (Å²) in [7, 11) is 0. The molecule has 3 rings (SSSR count). The van der Waals surface area contributed by atoms with Crippen LogP contribution in [0.4, 0.5) is 10.8 Å². The van der Waals surface area contributed by atoms with Crippen LogP contribution >= 0.6 is 23.1 Å². The number of aromatic nitrogens is 2. The van der Waals surface area contributed by atoms with E-state index in [4.69, 9.17) is 0 Å². The van der Waals surface area contributed by atoms with Crippen molar-refractivity contribution in [3.63, 3.8) is 0 Å². The highest BCUT2D eigenvalue weighted by Gasteiger charge is 2.24. The van der Waals surface area contributed by atoms with E-state index in [0.717, 1.165) is 34.4 Å². The molecular formula is C15H17N3OS2. The van der Waals surface area contributed by atoms with Crippen molar-refractivity contribution < 1.29 is 4.79 Å². The molecule has 1 heterocycles. The Morgan fingerprint density at radius 1 is 1.33 bits per heavy atom. The predicted octanol–water partition coefficient (Wildman–Crippen LogP) is 4.19. The number of benzene rings is 1. The summed E-state index contributed by atoms with van der Waals surface area (Å²) in [5.74, 6) is 0.356. The molecule has 1 fully saturated rings. The number of carbonyl (C=O) groups excluding carboxylic acids is 1. The van der Waals surface area contributed by atoms with Crippen molar-refractivity contribution in [2.45, 2.75) is 42.2 Å². The topological polar surface area (TPSA) is 54.9 Å². The lowest BCUT2D eigenvalue weighted by Crippen LogP contribution is -2.21. The fourth-order valence-electron chi connectivity index (χ4n) is 2.35. The molecule has 0 aliphatic heterocycles. The van der Waals surface area contributed by atoms with Crippen molar-refractivity contribution in [3.8, 4) is 0 Å². The zero-order chi connectivity index (χ0) is 14.7. The molecule has 0 spiro atoms. The number of hydrogen-bond donors (Lipinski definition) is 1. The monoisotopic (exact) mass is 319 g/mol. The highest BCUT2D eigenvalue weighted by atomic mass is 32.2. The zero-order valence-electron chi connectivity index (χ0n) is 11.8. The van der Waals surface area contributed by atoms with E-state index in [2.05, 4.69) is 34.6 Å². The molecule has 2 aromatic rings. The summed E-state index contributed by atoms with van der Waals surface area (Å²) in [6.07, 6.45) is 3.84. The first-order valence-electron chi connectivity index (χ1n) is 7.07. The summed E-state index contributed by atoms with van der Waals surface area (Å²) in [4.78, 5) is 11.9. The number of hydrogen-bond acceptors (Lipinski definition) is 6. The lowest BCUT2D eigenvalue weighted by Gasteiger charge is -2.17. The van der Waals surface area contributed by atoms with Crippen LogP contribution in [0.3, 0.4) is 0 Å². The van der Waals surface area contributed by atoms with Gasteiger partial charge in [-0.05, 0) is 37.5 Å². The largest absolute Gasteiger partial charge is 0.330 e. The molecule has 1 atom stereocenters. The molecule has 1 aliphatic rings. The number of nitrogens with one attached hydrogen (secondary N) is 1. The molecule has 0 amide bonds. The Hall–Kier alpha value is -1.40. The number of anilines is 2. The van der Waals surface area contributed by atoms with Crippen LogP contribution in [0.15, 0.2) is 28.6 Å². The highest BCUT2D eigenvalue weighted by molar-refractivity contribution is 8.02. The van der Waals surface area contributed by atoms with Gasteiger partial charge in [0.05, 0.1) is 5.25 Å². The number of thioether (sulfide) groups is 1.